The Morgan fingerprint density at radius 3 is 2.83 bits per heavy atom. The third-order valence-electron chi connectivity index (χ3n) is 2.39. The van der Waals surface area contributed by atoms with Crippen molar-refractivity contribution in [2.24, 2.45) is 5.73 Å². The van der Waals surface area contributed by atoms with Crippen molar-refractivity contribution >= 4 is 23.6 Å². The molecule has 0 aromatic carbocycles. The first-order valence-electron chi connectivity index (χ1n) is 5.72. The molecular formula is C11H17N3O3S. The fourth-order valence-corrected chi connectivity index (χ4v) is 2.31. The Hall–Kier alpha value is -1.50. The van der Waals surface area contributed by atoms with Crippen LogP contribution in [0.2, 0.25) is 0 Å². The fourth-order valence-electron chi connectivity index (χ4n) is 1.57. The fraction of sp³-hybridized carbons (Fsp3) is 0.545. The van der Waals surface area contributed by atoms with Gasteiger partial charge < -0.3 is 15.4 Å². The van der Waals surface area contributed by atoms with Crippen LogP contribution in [0.1, 0.15) is 25.5 Å². The maximum Gasteiger partial charge on any atom is 0.313 e. The summed E-state index contributed by atoms with van der Waals surface area (Å²) in [5.41, 5.74) is 6.13. The lowest BCUT2D eigenvalue weighted by molar-refractivity contribution is -0.133. The van der Waals surface area contributed by atoms with Gasteiger partial charge in [0.15, 0.2) is 5.16 Å². The number of nitrogens with zero attached hydrogens (tertiary/aromatic N) is 2. The van der Waals surface area contributed by atoms with Crippen LogP contribution in [0.4, 0.5) is 0 Å². The Kier molecular flexibility index (Phi) is 5.70. The summed E-state index contributed by atoms with van der Waals surface area (Å²) in [7, 11) is 0. The quantitative estimate of drug-likeness (QED) is 0.684. The second kappa shape index (κ2) is 7.05. The molecule has 0 aliphatic rings. The second-order valence-electron chi connectivity index (χ2n) is 3.79. The molecule has 1 heterocycles. The Morgan fingerprint density at radius 2 is 2.28 bits per heavy atom. The summed E-state index contributed by atoms with van der Waals surface area (Å²) in [6.07, 6.45) is 3.52. The topological polar surface area (TPSA) is 98.2 Å². The number of aromatic nitrogens is 2. The molecule has 1 aromatic heterocycles. The van der Waals surface area contributed by atoms with Gasteiger partial charge in [0.2, 0.25) is 5.91 Å². The normalized spacial score (nSPS) is 10.5. The summed E-state index contributed by atoms with van der Waals surface area (Å²) >= 11 is 1.19. The molecule has 6 nitrogen and oxygen atoms in total. The lowest BCUT2D eigenvalue weighted by atomic mass is 10.3. The summed E-state index contributed by atoms with van der Waals surface area (Å²) < 4.78 is 1.95. The van der Waals surface area contributed by atoms with E-state index in [1.165, 1.54) is 11.8 Å². The highest BCUT2D eigenvalue weighted by Gasteiger charge is 2.11. The number of hydrogen-bond acceptors (Lipinski definition) is 4. The molecule has 0 spiro atoms. The molecule has 1 aromatic rings. The van der Waals surface area contributed by atoms with Crippen LogP contribution in [-0.2, 0) is 22.6 Å². The van der Waals surface area contributed by atoms with Gasteiger partial charge >= 0.3 is 5.97 Å². The van der Waals surface area contributed by atoms with Crippen molar-refractivity contribution in [1.29, 1.82) is 0 Å². The van der Waals surface area contributed by atoms with Crippen molar-refractivity contribution in [2.45, 2.75) is 37.9 Å². The van der Waals surface area contributed by atoms with E-state index in [0.29, 0.717) is 24.5 Å². The molecule has 0 saturated heterocycles. The van der Waals surface area contributed by atoms with Gasteiger partial charge in [0.1, 0.15) is 0 Å². The number of primary amides is 1. The van der Waals surface area contributed by atoms with Crippen molar-refractivity contribution in [1.82, 2.24) is 9.55 Å². The second-order valence-corrected chi connectivity index (χ2v) is 4.73. The number of rotatable bonds is 8. The largest absolute Gasteiger partial charge is 0.481 e. The predicted octanol–water partition coefficient (Wildman–Crippen LogP) is 0.888. The molecular weight excluding hydrogens is 254 g/mol. The molecule has 0 aliphatic heterocycles. The zero-order valence-corrected chi connectivity index (χ0v) is 11.1. The molecule has 0 aliphatic carbocycles. The van der Waals surface area contributed by atoms with Gasteiger partial charge in [-0.05, 0) is 12.8 Å². The number of carboxylic acid groups (broad SMARTS) is 1. The number of nitrogens with two attached hydrogens (primary N) is 1. The van der Waals surface area contributed by atoms with E-state index in [9.17, 15) is 9.59 Å². The molecule has 1 amide bonds. The molecule has 100 valence electrons. The highest BCUT2D eigenvalue weighted by molar-refractivity contribution is 7.99. The Balaban J connectivity index is 2.68. The number of thioether (sulfide) groups is 1. The van der Waals surface area contributed by atoms with E-state index < -0.39 is 5.97 Å². The zero-order chi connectivity index (χ0) is 13.5. The highest BCUT2D eigenvalue weighted by atomic mass is 32.2. The molecule has 0 saturated carbocycles. The number of imidazole rings is 1. The minimum absolute atomic E-state index is 0.0179. The summed E-state index contributed by atoms with van der Waals surface area (Å²) in [6, 6.07) is 0. The van der Waals surface area contributed by atoms with Crippen LogP contribution in [0.3, 0.4) is 0 Å². The van der Waals surface area contributed by atoms with E-state index in [1.807, 2.05) is 11.5 Å². The molecule has 1 rings (SSSR count). The van der Waals surface area contributed by atoms with Crippen LogP contribution in [0.15, 0.2) is 11.4 Å². The molecule has 7 heteroatoms. The van der Waals surface area contributed by atoms with Crippen molar-refractivity contribution in [2.75, 3.05) is 5.75 Å². The molecule has 0 atom stereocenters. The third-order valence-corrected chi connectivity index (χ3v) is 3.37. The molecule has 18 heavy (non-hydrogen) atoms. The molecule has 0 fully saturated rings. The van der Waals surface area contributed by atoms with Crippen LogP contribution in [0.25, 0.3) is 0 Å². The first-order chi connectivity index (χ1) is 8.54. The molecule has 0 unspecified atom stereocenters. The number of carbonyl (C=O) groups excluding carboxylic acids is 1. The summed E-state index contributed by atoms with van der Waals surface area (Å²) in [5.74, 6) is -1.21. The minimum atomic E-state index is -0.871. The van der Waals surface area contributed by atoms with Crippen molar-refractivity contribution in [3.05, 3.63) is 11.9 Å². The van der Waals surface area contributed by atoms with Crippen molar-refractivity contribution in [3.8, 4) is 0 Å². The number of hydrogen-bond donors (Lipinski definition) is 2. The van der Waals surface area contributed by atoms with E-state index in [4.69, 9.17) is 10.8 Å². The first-order valence-corrected chi connectivity index (χ1v) is 6.70. The highest BCUT2D eigenvalue weighted by Crippen LogP contribution is 2.19. The average molecular weight is 271 g/mol. The summed E-state index contributed by atoms with van der Waals surface area (Å²) in [4.78, 5) is 25.4. The summed E-state index contributed by atoms with van der Waals surface area (Å²) in [5, 5.41) is 9.34. The van der Waals surface area contributed by atoms with E-state index >= 15 is 0 Å². The molecule has 0 bridgehead atoms. The SMILES string of the molecule is CCc1cnc(SCC(=O)O)n1CCCC(N)=O. The Bertz CT molecular complexity index is 431. The maximum absolute atomic E-state index is 10.7. The van der Waals surface area contributed by atoms with E-state index in [1.54, 1.807) is 6.20 Å². The van der Waals surface area contributed by atoms with Gasteiger partial charge in [0.05, 0.1) is 5.75 Å². The van der Waals surface area contributed by atoms with Gasteiger partial charge in [-0.15, -0.1) is 0 Å². The van der Waals surface area contributed by atoms with Crippen LogP contribution in [-0.4, -0.2) is 32.3 Å². The van der Waals surface area contributed by atoms with Crippen LogP contribution in [0.5, 0.6) is 0 Å². The number of carboxylic acids is 1. The van der Waals surface area contributed by atoms with E-state index in [0.717, 1.165) is 12.1 Å². The molecule has 0 radical (unpaired) electrons. The van der Waals surface area contributed by atoms with Gasteiger partial charge in [-0.2, -0.15) is 0 Å². The maximum atomic E-state index is 10.7. The standard InChI is InChI=1S/C11H17N3O3S/c1-2-8-6-13-11(18-7-10(16)17)14(8)5-3-4-9(12)15/h6H,2-5,7H2,1H3,(H2,12,15)(H,16,17). The van der Waals surface area contributed by atoms with E-state index in [2.05, 4.69) is 4.98 Å². The minimum Gasteiger partial charge on any atom is -0.481 e. The monoisotopic (exact) mass is 271 g/mol. The Labute approximate surface area is 110 Å². The first kappa shape index (κ1) is 14.6. The van der Waals surface area contributed by atoms with Crippen LogP contribution >= 0.6 is 11.8 Å². The van der Waals surface area contributed by atoms with Gasteiger partial charge in [-0.25, -0.2) is 4.98 Å². The van der Waals surface area contributed by atoms with E-state index in [-0.39, 0.29) is 11.7 Å². The molecule has 3 N–H and O–H groups in total. The zero-order valence-electron chi connectivity index (χ0n) is 10.3. The van der Waals surface area contributed by atoms with Crippen LogP contribution in [0, 0.1) is 0 Å². The number of aliphatic carboxylic acids is 1. The van der Waals surface area contributed by atoms with Gasteiger partial charge in [0.25, 0.3) is 0 Å². The van der Waals surface area contributed by atoms with Gasteiger partial charge in [0, 0.05) is 24.9 Å². The smallest absolute Gasteiger partial charge is 0.313 e. The van der Waals surface area contributed by atoms with Crippen molar-refractivity contribution in [3.63, 3.8) is 0 Å². The lowest BCUT2D eigenvalue weighted by Crippen LogP contribution is -2.12. The average Bonchev–Trinajstić information content (AvgIpc) is 2.68. The van der Waals surface area contributed by atoms with Gasteiger partial charge in [-0.3, -0.25) is 9.59 Å². The number of carbonyl (C=O) groups is 2. The Morgan fingerprint density at radius 1 is 1.56 bits per heavy atom. The third kappa shape index (κ3) is 4.40. The number of aryl methyl sites for hydroxylation is 1. The van der Waals surface area contributed by atoms with Gasteiger partial charge in [-0.1, -0.05) is 18.7 Å². The van der Waals surface area contributed by atoms with Crippen LogP contribution < -0.4 is 5.73 Å². The number of amides is 1. The summed E-state index contributed by atoms with van der Waals surface area (Å²) in [6.45, 7) is 2.64. The predicted molar refractivity (Wildman–Crippen MR) is 68.4 cm³/mol. The lowest BCUT2D eigenvalue weighted by Gasteiger charge is -2.09. The van der Waals surface area contributed by atoms with Crippen molar-refractivity contribution < 1.29 is 14.7 Å².